The molecule has 0 radical (unpaired) electrons. The summed E-state index contributed by atoms with van der Waals surface area (Å²) in [4.78, 5) is 29.1. The summed E-state index contributed by atoms with van der Waals surface area (Å²) < 4.78 is 17.8. The predicted molar refractivity (Wildman–Crippen MR) is 185 cm³/mol. The Morgan fingerprint density at radius 1 is 1.12 bits per heavy atom. The molecule has 1 saturated carbocycles. The number of aryl methyl sites for hydroxylation is 3. The number of aromatic nitrogens is 3. The van der Waals surface area contributed by atoms with Gasteiger partial charge in [0.1, 0.15) is 18.4 Å². The lowest BCUT2D eigenvalue weighted by molar-refractivity contribution is -0.116. The van der Waals surface area contributed by atoms with E-state index in [1.165, 1.54) is 11.9 Å². The van der Waals surface area contributed by atoms with Gasteiger partial charge in [0.15, 0.2) is 0 Å². The average molecular weight is 681 g/mol. The van der Waals surface area contributed by atoms with Crippen molar-refractivity contribution in [1.29, 1.82) is 0 Å². The average Bonchev–Trinajstić information content (AvgIpc) is 3.64. The first-order chi connectivity index (χ1) is 22.7. The Bertz CT molecular complexity index is 1570. The van der Waals surface area contributed by atoms with Gasteiger partial charge in [0, 0.05) is 12.1 Å². The number of carbonyl (C=O) groups excluding carboxylic acids is 2. The van der Waals surface area contributed by atoms with Crippen LogP contribution >= 0.6 is 11.6 Å². The molecule has 2 heterocycles. The fraction of sp³-hybridized carbons (Fsp3) is 0.514. The minimum Gasteiger partial charge on any atom is -0.434 e. The van der Waals surface area contributed by atoms with Crippen molar-refractivity contribution >= 4 is 29.2 Å². The van der Waals surface area contributed by atoms with E-state index >= 15 is 0 Å². The molecule has 10 nitrogen and oxygen atoms in total. The number of nitrogens with zero attached hydrogens (tertiary/aromatic N) is 3. The van der Waals surface area contributed by atoms with E-state index < -0.39 is 17.3 Å². The molecular weight excluding hydrogens is 632 g/mol. The summed E-state index contributed by atoms with van der Waals surface area (Å²) in [5, 5.41) is 19.1. The summed E-state index contributed by atoms with van der Waals surface area (Å²) in [6.45, 7) is 12.4. The summed E-state index contributed by atoms with van der Waals surface area (Å²) >= 11 is 5.90. The van der Waals surface area contributed by atoms with E-state index in [-0.39, 0.29) is 24.0 Å². The second kappa shape index (κ2) is 15.7. The van der Waals surface area contributed by atoms with Crippen molar-refractivity contribution < 1.29 is 28.9 Å². The molecule has 260 valence electrons. The number of aliphatic hydroxyl groups is 1. The van der Waals surface area contributed by atoms with Crippen LogP contribution in [0.25, 0.3) is 5.57 Å². The van der Waals surface area contributed by atoms with Crippen molar-refractivity contribution in [3.05, 3.63) is 88.2 Å². The van der Waals surface area contributed by atoms with Gasteiger partial charge in [0.05, 0.1) is 36.0 Å². The number of amides is 1. The van der Waals surface area contributed by atoms with Gasteiger partial charge < -0.3 is 24.6 Å². The molecule has 2 N–H and O–H groups in total. The number of hydrogen-bond acceptors (Lipinski definition) is 8. The SMILES string of the molecule is CC(C)(C)C(O)(CCc1ccc(Cl)cc1)Cn1cncn1.CCOC(=O)OC1=C(c2cc(C)ccc2C)C(=O)NC12CCC(OC)CC2. The normalized spacial score (nSPS) is 20.5. The lowest BCUT2D eigenvalue weighted by atomic mass is 9.73. The Morgan fingerprint density at radius 2 is 1.81 bits per heavy atom. The molecular formula is C37H49ClN4O6. The minimum atomic E-state index is -0.861. The number of halogens is 1. The summed E-state index contributed by atoms with van der Waals surface area (Å²) in [7, 11) is 1.70. The lowest BCUT2D eigenvalue weighted by Gasteiger charge is -2.40. The highest BCUT2D eigenvalue weighted by Gasteiger charge is 2.50. The number of benzene rings is 2. The molecule has 5 rings (SSSR count). The molecule has 1 atom stereocenters. The predicted octanol–water partition coefficient (Wildman–Crippen LogP) is 6.99. The monoisotopic (exact) mass is 680 g/mol. The van der Waals surface area contributed by atoms with Gasteiger partial charge in [0.25, 0.3) is 5.91 Å². The highest BCUT2D eigenvalue weighted by molar-refractivity contribution is 6.30. The van der Waals surface area contributed by atoms with E-state index in [0.717, 1.165) is 41.0 Å². The van der Waals surface area contributed by atoms with Gasteiger partial charge in [-0.15, -0.1) is 0 Å². The molecule has 1 aromatic heterocycles. The summed E-state index contributed by atoms with van der Waals surface area (Å²) in [5.41, 5.74) is 2.57. The maximum atomic E-state index is 13.0. The van der Waals surface area contributed by atoms with E-state index in [0.29, 0.717) is 37.1 Å². The molecule has 1 aliphatic carbocycles. The summed E-state index contributed by atoms with van der Waals surface area (Å²) in [6.07, 6.45) is 6.82. The number of rotatable bonds is 9. The maximum Gasteiger partial charge on any atom is 0.513 e. The second-order valence-electron chi connectivity index (χ2n) is 13.8. The van der Waals surface area contributed by atoms with E-state index in [1.54, 1.807) is 25.0 Å². The fourth-order valence-corrected chi connectivity index (χ4v) is 6.38. The first-order valence-electron chi connectivity index (χ1n) is 16.5. The molecule has 0 bridgehead atoms. The van der Waals surface area contributed by atoms with Gasteiger partial charge in [-0.25, -0.2) is 9.78 Å². The Kier molecular flexibility index (Phi) is 12.1. The molecule has 1 spiro atoms. The lowest BCUT2D eigenvalue weighted by Crippen LogP contribution is -2.49. The van der Waals surface area contributed by atoms with Crippen LogP contribution in [0.4, 0.5) is 4.79 Å². The van der Waals surface area contributed by atoms with Gasteiger partial charge >= 0.3 is 6.16 Å². The molecule has 2 aromatic carbocycles. The Morgan fingerprint density at radius 3 is 2.40 bits per heavy atom. The number of ether oxygens (including phenoxy) is 3. The molecule has 1 aliphatic heterocycles. The number of methoxy groups -OCH3 is 1. The zero-order valence-electron chi connectivity index (χ0n) is 29.1. The maximum absolute atomic E-state index is 13.0. The smallest absolute Gasteiger partial charge is 0.434 e. The van der Waals surface area contributed by atoms with Gasteiger partial charge in [0.2, 0.25) is 0 Å². The minimum absolute atomic E-state index is 0.154. The van der Waals surface area contributed by atoms with Gasteiger partial charge in [-0.2, -0.15) is 5.10 Å². The number of carbonyl (C=O) groups is 2. The van der Waals surface area contributed by atoms with Gasteiger partial charge in [-0.3, -0.25) is 9.48 Å². The first kappa shape index (κ1) is 37.1. The summed E-state index contributed by atoms with van der Waals surface area (Å²) in [6, 6.07) is 13.7. The van der Waals surface area contributed by atoms with Crippen LogP contribution in [0.5, 0.6) is 0 Å². The van der Waals surface area contributed by atoms with Crippen molar-refractivity contribution in [2.75, 3.05) is 13.7 Å². The van der Waals surface area contributed by atoms with Crippen LogP contribution in [0.3, 0.4) is 0 Å². The van der Waals surface area contributed by atoms with Crippen LogP contribution in [0.2, 0.25) is 5.02 Å². The van der Waals surface area contributed by atoms with E-state index in [4.69, 9.17) is 25.8 Å². The van der Waals surface area contributed by atoms with E-state index in [9.17, 15) is 14.7 Å². The molecule has 3 aromatic rings. The number of nitrogens with one attached hydrogen (secondary N) is 1. The van der Waals surface area contributed by atoms with Gasteiger partial charge in [-0.1, -0.05) is 68.3 Å². The summed E-state index contributed by atoms with van der Waals surface area (Å²) in [5.74, 6) is 0.174. The third kappa shape index (κ3) is 8.84. The molecule has 1 amide bonds. The Balaban J connectivity index is 0.000000224. The molecule has 0 saturated heterocycles. The third-order valence-corrected chi connectivity index (χ3v) is 9.75. The van der Waals surface area contributed by atoms with Crippen molar-refractivity contribution in [2.45, 2.75) is 104 Å². The quantitative estimate of drug-likeness (QED) is 0.232. The molecule has 2 aliphatic rings. The Hall–Kier alpha value is -3.73. The topological polar surface area (TPSA) is 125 Å². The highest BCUT2D eigenvalue weighted by Crippen LogP contribution is 2.44. The first-order valence-corrected chi connectivity index (χ1v) is 16.9. The van der Waals surface area contributed by atoms with Gasteiger partial charge in [-0.05, 0) is 93.5 Å². The molecule has 11 heteroatoms. The van der Waals surface area contributed by atoms with Crippen LogP contribution in [0, 0.1) is 19.3 Å². The zero-order chi connectivity index (χ0) is 35.1. The van der Waals surface area contributed by atoms with Crippen LogP contribution < -0.4 is 5.32 Å². The standard InChI is InChI=1S/C21H27NO5.C16H22ClN3O/c1-5-26-20(24)27-18-17(16-12-13(2)6-7-14(16)3)19(23)22-21(18)10-8-15(25-4)9-11-21;1-15(2,3)16(21,10-20-12-18-11-19-20)9-8-13-4-6-14(17)7-5-13/h6-7,12,15H,5,8-11H2,1-4H3,(H,22,23);4-7,11-12,21H,8-10H2,1-3H3. The Labute approximate surface area is 288 Å². The van der Waals surface area contributed by atoms with Crippen LogP contribution in [-0.4, -0.2) is 62.9 Å². The van der Waals surface area contributed by atoms with Crippen LogP contribution in [0.1, 0.15) is 82.1 Å². The third-order valence-electron chi connectivity index (χ3n) is 9.50. The fourth-order valence-electron chi connectivity index (χ4n) is 6.26. The molecule has 1 fully saturated rings. The van der Waals surface area contributed by atoms with Crippen molar-refractivity contribution in [3.63, 3.8) is 0 Å². The molecule has 48 heavy (non-hydrogen) atoms. The van der Waals surface area contributed by atoms with Crippen LogP contribution in [0.15, 0.2) is 60.9 Å². The number of hydrogen-bond donors (Lipinski definition) is 2. The molecule has 1 unspecified atom stereocenters. The zero-order valence-corrected chi connectivity index (χ0v) is 29.9. The van der Waals surface area contributed by atoms with Crippen molar-refractivity contribution in [3.8, 4) is 0 Å². The van der Waals surface area contributed by atoms with Crippen molar-refractivity contribution in [1.82, 2.24) is 20.1 Å². The van der Waals surface area contributed by atoms with E-state index in [1.807, 2.05) is 77.1 Å². The second-order valence-corrected chi connectivity index (χ2v) is 14.2. The van der Waals surface area contributed by atoms with Crippen molar-refractivity contribution in [2.24, 2.45) is 5.41 Å². The highest BCUT2D eigenvalue weighted by atomic mass is 35.5. The van der Waals surface area contributed by atoms with E-state index in [2.05, 4.69) is 15.4 Å². The van der Waals surface area contributed by atoms with Crippen LogP contribution in [-0.2, 0) is 32.0 Å². The largest absolute Gasteiger partial charge is 0.513 e.